The van der Waals surface area contributed by atoms with Gasteiger partial charge in [0.25, 0.3) is 0 Å². The van der Waals surface area contributed by atoms with Gasteiger partial charge in [0.1, 0.15) is 12.2 Å². The number of rotatable bonds is 5. The summed E-state index contributed by atoms with van der Waals surface area (Å²) in [5.41, 5.74) is 0.427. The lowest BCUT2D eigenvalue weighted by Crippen LogP contribution is -2.34. The maximum atomic E-state index is 4.36. The van der Waals surface area contributed by atoms with Crippen molar-refractivity contribution in [1.29, 1.82) is 0 Å². The summed E-state index contributed by atoms with van der Waals surface area (Å²) in [4.78, 5) is 4.36. The van der Waals surface area contributed by atoms with Crippen LogP contribution < -0.4 is 5.32 Å². The first-order chi connectivity index (χ1) is 7.76. The van der Waals surface area contributed by atoms with Crippen molar-refractivity contribution in [2.45, 2.75) is 39.0 Å². The molecule has 1 heterocycles. The molecule has 1 aliphatic carbocycles. The van der Waals surface area contributed by atoms with E-state index in [2.05, 4.69) is 22.3 Å². The summed E-state index contributed by atoms with van der Waals surface area (Å²) in [6.45, 7) is 4.35. The molecule has 0 unspecified atom stereocenters. The lowest BCUT2D eigenvalue weighted by Gasteiger charge is -2.28. The quantitative estimate of drug-likeness (QED) is 0.821. The van der Waals surface area contributed by atoms with E-state index in [1.165, 1.54) is 25.7 Å². The second kappa shape index (κ2) is 4.95. The van der Waals surface area contributed by atoms with Gasteiger partial charge in [0, 0.05) is 20.0 Å². The van der Waals surface area contributed by atoms with Crippen LogP contribution in [0.5, 0.6) is 0 Å². The van der Waals surface area contributed by atoms with Gasteiger partial charge in [-0.3, -0.25) is 4.68 Å². The standard InChI is InChI=1S/C12H22N4/c1-3-13-9-12(6-4-5-7-12)8-11-14-10-15-16(11)2/h10,13H,3-9H2,1-2H3. The third-order valence-electron chi connectivity index (χ3n) is 3.75. The fourth-order valence-corrected chi connectivity index (χ4v) is 2.75. The minimum absolute atomic E-state index is 0.427. The van der Waals surface area contributed by atoms with Gasteiger partial charge in [-0.25, -0.2) is 4.98 Å². The highest BCUT2D eigenvalue weighted by Crippen LogP contribution is 2.39. The van der Waals surface area contributed by atoms with E-state index in [0.29, 0.717) is 5.41 Å². The van der Waals surface area contributed by atoms with Gasteiger partial charge in [0.05, 0.1) is 0 Å². The largest absolute Gasteiger partial charge is 0.316 e. The monoisotopic (exact) mass is 222 g/mol. The molecule has 0 aliphatic heterocycles. The molecule has 1 aromatic heterocycles. The van der Waals surface area contributed by atoms with E-state index in [-0.39, 0.29) is 0 Å². The van der Waals surface area contributed by atoms with Crippen molar-refractivity contribution in [1.82, 2.24) is 20.1 Å². The van der Waals surface area contributed by atoms with Crippen LogP contribution in [-0.4, -0.2) is 27.9 Å². The van der Waals surface area contributed by atoms with Crippen molar-refractivity contribution in [3.63, 3.8) is 0 Å². The Morgan fingerprint density at radius 2 is 2.19 bits per heavy atom. The third-order valence-corrected chi connectivity index (χ3v) is 3.75. The van der Waals surface area contributed by atoms with Crippen molar-refractivity contribution in [3.05, 3.63) is 12.2 Å². The van der Waals surface area contributed by atoms with Crippen molar-refractivity contribution in [2.24, 2.45) is 12.5 Å². The number of aryl methyl sites for hydroxylation is 1. The zero-order chi connectivity index (χ0) is 11.4. The van der Waals surface area contributed by atoms with Gasteiger partial charge in [-0.15, -0.1) is 0 Å². The van der Waals surface area contributed by atoms with Gasteiger partial charge in [0.2, 0.25) is 0 Å². The molecular weight excluding hydrogens is 200 g/mol. The average Bonchev–Trinajstić information content (AvgIpc) is 2.88. The van der Waals surface area contributed by atoms with Crippen molar-refractivity contribution < 1.29 is 0 Å². The smallest absolute Gasteiger partial charge is 0.138 e. The molecule has 4 heteroatoms. The molecule has 0 spiro atoms. The maximum Gasteiger partial charge on any atom is 0.138 e. The second-order valence-corrected chi connectivity index (χ2v) is 4.96. The lowest BCUT2D eigenvalue weighted by molar-refractivity contribution is 0.271. The number of nitrogens with zero attached hydrogens (tertiary/aromatic N) is 3. The zero-order valence-electron chi connectivity index (χ0n) is 10.4. The molecule has 1 fully saturated rings. The zero-order valence-corrected chi connectivity index (χ0v) is 10.4. The Labute approximate surface area is 97.5 Å². The SMILES string of the molecule is CCNCC1(Cc2ncnn2C)CCCC1. The van der Waals surface area contributed by atoms with E-state index in [0.717, 1.165) is 25.3 Å². The lowest BCUT2D eigenvalue weighted by atomic mass is 9.82. The minimum atomic E-state index is 0.427. The van der Waals surface area contributed by atoms with E-state index in [1.54, 1.807) is 6.33 Å². The van der Waals surface area contributed by atoms with Gasteiger partial charge < -0.3 is 5.32 Å². The maximum absolute atomic E-state index is 4.36. The van der Waals surface area contributed by atoms with Crippen molar-refractivity contribution in [2.75, 3.05) is 13.1 Å². The topological polar surface area (TPSA) is 42.7 Å². The molecule has 1 aliphatic rings. The van der Waals surface area contributed by atoms with Gasteiger partial charge >= 0.3 is 0 Å². The van der Waals surface area contributed by atoms with Gasteiger partial charge in [0.15, 0.2) is 0 Å². The van der Waals surface area contributed by atoms with E-state index in [1.807, 2.05) is 11.7 Å². The molecule has 0 aromatic carbocycles. The van der Waals surface area contributed by atoms with Crippen LogP contribution in [0, 0.1) is 5.41 Å². The van der Waals surface area contributed by atoms with E-state index >= 15 is 0 Å². The fourth-order valence-electron chi connectivity index (χ4n) is 2.75. The summed E-state index contributed by atoms with van der Waals surface area (Å²) in [6, 6.07) is 0. The van der Waals surface area contributed by atoms with Crippen molar-refractivity contribution >= 4 is 0 Å². The van der Waals surface area contributed by atoms with Crippen molar-refractivity contribution in [3.8, 4) is 0 Å². The molecule has 1 aromatic rings. The van der Waals surface area contributed by atoms with Gasteiger partial charge in [-0.1, -0.05) is 19.8 Å². The summed E-state index contributed by atoms with van der Waals surface area (Å²) in [6.07, 6.45) is 8.11. The highest BCUT2D eigenvalue weighted by Gasteiger charge is 2.34. The summed E-state index contributed by atoms with van der Waals surface area (Å²) in [7, 11) is 1.98. The van der Waals surface area contributed by atoms with Crippen LogP contribution in [0.1, 0.15) is 38.4 Å². The highest BCUT2D eigenvalue weighted by atomic mass is 15.3. The minimum Gasteiger partial charge on any atom is -0.316 e. The van der Waals surface area contributed by atoms with Gasteiger partial charge in [-0.05, 0) is 24.8 Å². The molecule has 1 N–H and O–H groups in total. The Kier molecular flexibility index (Phi) is 3.59. The van der Waals surface area contributed by atoms with Crippen LogP contribution in [0.25, 0.3) is 0 Å². The molecule has 0 amide bonds. The Balaban J connectivity index is 2.05. The predicted octanol–water partition coefficient (Wildman–Crippen LogP) is 1.53. The summed E-state index contributed by atoms with van der Waals surface area (Å²) < 4.78 is 1.91. The fraction of sp³-hybridized carbons (Fsp3) is 0.833. The molecular formula is C12H22N4. The number of hydrogen-bond donors (Lipinski definition) is 1. The molecule has 4 nitrogen and oxygen atoms in total. The molecule has 0 atom stereocenters. The first-order valence-corrected chi connectivity index (χ1v) is 6.29. The normalized spacial score (nSPS) is 19.1. The number of nitrogens with one attached hydrogen (secondary N) is 1. The van der Waals surface area contributed by atoms with E-state index < -0.39 is 0 Å². The van der Waals surface area contributed by atoms with Crippen LogP contribution in [0.3, 0.4) is 0 Å². The second-order valence-electron chi connectivity index (χ2n) is 4.96. The molecule has 16 heavy (non-hydrogen) atoms. The van der Waals surface area contributed by atoms with Crippen LogP contribution in [0.2, 0.25) is 0 Å². The van der Waals surface area contributed by atoms with Crippen LogP contribution in [0.4, 0.5) is 0 Å². The van der Waals surface area contributed by atoms with E-state index in [9.17, 15) is 0 Å². The first kappa shape index (κ1) is 11.6. The molecule has 0 bridgehead atoms. The Bertz CT molecular complexity index is 326. The van der Waals surface area contributed by atoms with Gasteiger partial charge in [-0.2, -0.15) is 5.10 Å². The molecule has 1 saturated carbocycles. The third kappa shape index (κ3) is 2.43. The Morgan fingerprint density at radius 3 is 2.75 bits per heavy atom. The highest BCUT2D eigenvalue weighted by molar-refractivity contribution is 4.97. The summed E-state index contributed by atoms with van der Waals surface area (Å²) in [5.74, 6) is 1.12. The van der Waals surface area contributed by atoms with Crippen LogP contribution >= 0.6 is 0 Å². The predicted molar refractivity (Wildman–Crippen MR) is 64.2 cm³/mol. The Hall–Kier alpha value is -0.900. The number of aromatic nitrogens is 3. The summed E-state index contributed by atoms with van der Waals surface area (Å²) in [5, 5.41) is 7.66. The van der Waals surface area contributed by atoms with Crippen LogP contribution in [-0.2, 0) is 13.5 Å². The summed E-state index contributed by atoms with van der Waals surface area (Å²) >= 11 is 0. The number of hydrogen-bond acceptors (Lipinski definition) is 3. The first-order valence-electron chi connectivity index (χ1n) is 6.29. The molecule has 0 radical (unpaired) electrons. The Morgan fingerprint density at radius 1 is 1.44 bits per heavy atom. The molecule has 2 rings (SSSR count). The average molecular weight is 222 g/mol. The molecule has 90 valence electrons. The molecule has 0 saturated heterocycles. The van der Waals surface area contributed by atoms with E-state index in [4.69, 9.17) is 0 Å². The van der Waals surface area contributed by atoms with Crippen LogP contribution in [0.15, 0.2) is 6.33 Å².